The second-order valence-electron chi connectivity index (χ2n) is 4.38. The van der Waals surface area contributed by atoms with Crippen LogP contribution in [0.3, 0.4) is 0 Å². The molecule has 1 rings (SSSR count). The second-order valence-corrected chi connectivity index (χ2v) is 6.41. The molecule has 0 unspecified atom stereocenters. The molecule has 3 nitrogen and oxygen atoms in total. The zero-order valence-electron chi connectivity index (χ0n) is 9.63. The first kappa shape index (κ1) is 13.2. The van der Waals surface area contributed by atoms with Crippen LogP contribution in [0.25, 0.3) is 0 Å². The standard InChI is InChI=1S/C12H18O3S/c1-10(2)8-11(13)9-16(14,15)12-6-4-3-5-7-12/h3-7,10-11,13H,8-9H2,1-2H3/t11-/m0/s1. The lowest BCUT2D eigenvalue weighted by Crippen LogP contribution is -2.22. The van der Waals surface area contributed by atoms with Gasteiger partial charge in [-0.05, 0) is 24.5 Å². The predicted molar refractivity (Wildman–Crippen MR) is 64.0 cm³/mol. The van der Waals surface area contributed by atoms with Crippen molar-refractivity contribution < 1.29 is 13.5 Å². The third kappa shape index (κ3) is 3.94. The van der Waals surface area contributed by atoms with Gasteiger partial charge in [0.05, 0.1) is 16.8 Å². The summed E-state index contributed by atoms with van der Waals surface area (Å²) in [6, 6.07) is 8.24. The normalized spacial score (nSPS) is 14.0. The SMILES string of the molecule is CC(C)C[C@H](O)CS(=O)(=O)c1ccccc1. The van der Waals surface area contributed by atoms with Crippen molar-refractivity contribution in [1.29, 1.82) is 0 Å². The van der Waals surface area contributed by atoms with Gasteiger partial charge in [-0.3, -0.25) is 0 Å². The molecule has 0 heterocycles. The molecule has 0 aliphatic heterocycles. The van der Waals surface area contributed by atoms with Crippen LogP contribution in [0.2, 0.25) is 0 Å². The fourth-order valence-corrected chi connectivity index (χ4v) is 3.00. The molecule has 0 fully saturated rings. The lowest BCUT2D eigenvalue weighted by Gasteiger charge is -2.13. The van der Waals surface area contributed by atoms with Gasteiger partial charge in [0.25, 0.3) is 0 Å². The molecular weight excluding hydrogens is 224 g/mol. The Bertz CT molecular complexity index is 409. The van der Waals surface area contributed by atoms with E-state index in [2.05, 4.69) is 0 Å². The van der Waals surface area contributed by atoms with Crippen molar-refractivity contribution in [2.75, 3.05) is 5.75 Å². The maximum atomic E-state index is 11.9. The first-order valence-corrected chi connectivity index (χ1v) is 7.03. The Kier molecular flexibility index (Phi) is 4.50. The molecule has 0 amide bonds. The minimum absolute atomic E-state index is 0.199. The molecule has 0 saturated carbocycles. The average molecular weight is 242 g/mol. The highest BCUT2D eigenvalue weighted by molar-refractivity contribution is 7.91. The monoisotopic (exact) mass is 242 g/mol. The van der Waals surface area contributed by atoms with Crippen molar-refractivity contribution in [2.24, 2.45) is 5.92 Å². The lowest BCUT2D eigenvalue weighted by molar-refractivity contribution is 0.170. The zero-order chi connectivity index (χ0) is 12.2. The second kappa shape index (κ2) is 5.46. The van der Waals surface area contributed by atoms with E-state index in [1.165, 1.54) is 0 Å². The number of benzene rings is 1. The highest BCUT2D eigenvalue weighted by Gasteiger charge is 2.19. The smallest absolute Gasteiger partial charge is 0.180 e. The molecule has 4 heteroatoms. The lowest BCUT2D eigenvalue weighted by atomic mass is 10.1. The van der Waals surface area contributed by atoms with Crippen LogP contribution in [0.1, 0.15) is 20.3 Å². The summed E-state index contributed by atoms with van der Waals surface area (Å²) in [5.74, 6) is 0.0934. The molecule has 1 N–H and O–H groups in total. The quantitative estimate of drug-likeness (QED) is 0.857. The van der Waals surface area contributed by atoms with Crippen molar-refractivity contribution >= 4 is 9.84 Å². The van der Waals surface area contributed by atoms with Gasteiger partial charge in [0, 0.05) is 0 Å². The Balaban J connectivity index is 2.73. The van der Waals surface area contributed by atoms with Crippen LogP contribution in [-0.4, -0.2) is 25.4 Å². The number of hydrogen-bond donors (Lipinski definition) is 1. The predicted octanol–water partition coefficient (Wildman–Crippen LogP) is 1.87. The van der Waals surface area contributed by atoms with E-state index in [1.807, 2.05) is 13.8 Å². The first-order valence-electron chi connectivity index (χ1n) is 5.37. The van der Waals surface area contributed by atoms with Gasteiger partial charge in [-0.1, -0.05) is 32.0 Å². The van der Waals surface area contributed by atoms with Gasteiger partial charge >= 0.3 is 0 Å². The van der Waals surface area contributed by atoms with Crippen LogP contribution in [0.15, 0.2) is 35.2 Å². The molecule has 0 saturated heterocycles. The largest absolute Gasteiger partial charge is 0.392 e. The minimum Gasteiger partial charge on any atom is -0.392 e. The van der Waals surface area contributed by atoms with Crippen molar-refractivity contribution in [1.82, 2.24) is 0 Å². The Hall–Kier alpha value is -0.870. The topological polar surface area (TPSA) is 54.4 Å². The third-order valence-electron chi connectivity index (χ3n) is 2.26. The van der Waals surface area contributed by atoms with Gasteiger partial charge in [-0.15, -0.1) is 0 Å². The maximum absolute atomic E-state index is 11.9. The molecule has 1 atom stereocenters. The summed E-state index contributed by atoms with van der Waals surface area (Å²) in [7, 11) is -3.36. The maximum Gasteiger partial charge on any atom is 0.180 e. The first-order chi connectivity index (χ1) is 7.42. The summed E-state index contributed by atoms with van der Waals surface area (Å²) < 4.78 is 23.7. The van der Waals surface area contributed by atoms with Crippen LogP contribution in [0, 0.1) is 5.92 Å². The molecule has 0 radical (unpaired) electrons. The Morgan fingerprint density at radius 3 is 2.25 bits per heavy atom. The molecule has 90 valence electrons. The van der Waals surface area contributed by atoms with Crippen LogP contribution in [0.5, 0.6) is 0 Å². The minimum atomic E-state index is -3.36. The van der Waals surface area contributed by atoms with E-state index in [0.29, 0.717) is 12.3 Å². The Morgan fingerprint density at radius 1 is 1.19 bits per heavy atom. The molecule has 0 bridgehead atoms. The number of sulfone groups is 1. The van der Waals surface area contributed by atoms with Gasteiger partial charge in [0.2, 0.25) is 0 Å². The van der Waals surface area contributed by atoms with Crippen LogP contribution < -0.4 is 0 Å². The molecule has 1 aromatic carbocycles. The highest BCUT2D eigenvalue weighted by atomic mass is 32.2. The van der Waals surface area contributed by atoms with Gasteiger partial charge in [0.1, 0.15) is 0 Å². The van der Waals surface area contributed by atoms with Crippen molar-refractivity contribution in [3.8, 4) is 0 Å². The summed E-state index contributed by atoms with van der Waals surface area (Å²) in [6.07, 6.45) is -0.281. The van der Waals surface area contributed by atoms with E-state index in [4.69, 9.17) is 0 Å². The Labute approximate surface area is 97.0 Å². The van der Waals surface area contributed by atoms with Gasteiger partial charge in [-0.25, -0.2) is 8.42 Å². The van der Waals surface area contributed by atoms with E-state index in [9.17, 15) is 13.5 Å². The summed E-state index contributed by atoms with van der Waals surface area (Å²) in [4.78, 5) is 0.276. The number of aliphatic hydroxyl groups is 1. The van der Waals surface area contributed by atoms with Crippen molar-refractivity contribution in [2.45, 2.75) is 31.3 Å². The van der Waals surface area contributed by atoms with Crippen molar-refractivity contribution in [3.05, 3.63) is 30.3 Å². The van der Waals surface area contributed by atoms with Crippen LogP contribution in [0.4, 0.5) is 0 Å². The van der Waals surface area contributed by atoms with E-state index in [-0.39, 0.29) is 10.6 Å². The molecular formula is C12H18O3S. The molecule has 1 aromatic rings. The van der Waals surface area contributed by atoms with E-state index in [1.54, 1.807) is 30.3 Å². The summed E-state index contributed by atoms with van der Waals surface area (Å²) in [5, 5.41) is 9.64. The molecule has 0 aliphatic carbocycles. The molecule has 0 aromatic heterocycles. The summed E-state index contributed by atoms with van der Waals surface area (Å²) >= 11 is 0. The highest BCUT2D eigenvalue weighted by Crippen LogP contribution is 2.14. The van der Waals surface area contributed by atoms with E-state index >= 15 is 0 Å². The summed E-state index contributed by atoms with van der Waals surface area (Å²) in [5.41, 5.74) is 0. The number of rotatable bonds is 5. The molecule has 16 heavy (non-hydrogen) atoms. The van der Waals surface area contributed by atoms with Gasteiger partial charge in [-0.2, -0.15) is 0 Å². The zero-order valence-corrected chi connectivity index (χ0v) is 10.4. The Morgan fingerprint density at radius 2 is 1.75 bits per heavy atom. The number of aliphatic hydroxyl groups excluding tert-OH is 1. The van der Waals surface area contributed by atoms with E-state index < -0.39 is 15.9 Å². The molecule has 0 aliphatic rings. The number of hydrogen-bond acceptors (Lipinski definition) is 3. The fourth-order valence-electron chi connectivity index (χ4n) is 1.59. The van der Waals surface area contributed by atoms with Crippen LogP contribution in [-0.2, 0) is 9.84 Å². The van der Waals surface area contributed by atoms with Gasteiger partial charge in [0.15, 0.2) is 9.84 Å². The average Bonchev–Trinajstić information content (AvgIpc) is 2.16. The summed E-state index contributed by atoms with van der Waals surface area (Å²) in [6.45, 7) is 3.91. The van der Waals surface area contributed by atoms with Gasteiger partial charge < -0.3 is 5.11 Å². The van der Waals surface area contributed by atoms with Crippen molar-refractivity contribution in [3.63, 3.8) is 0 Å². The fraction of sp³-hybridized carbons (Fsp3) is 0.500. The third-order valence-corrected chi connectivity index (χ3v) is 4.07. The molecule has 0 spiro atoms. The van der Waals surface area contributed by atoms with E-state index in [0.717, 1.165) is 0 Å². The van der Waals surface area contributed by atoms with Crippen LogP contribution >= 0.6 is 0 Å².